The summed E-state index contributed by atoms with van der Waals surface area (Å²) in [6.45, 7) is 9.69. The van der Waals surface area contributed by atoms with Gasteiger partial charge in [-0.2, -0.15) is 5.10 Å². The third-order valence-corrected chi connectivity index (χ3v) is 3.78. The van der Waals surface area contributed by atoms with Crippen LogP contribution >= 0.6 is 0 Å². The summed E-state index contributed by atoms with van der Waals surface area (Å²) >= 11 is 0. The first-order valence-corrected chi connectivity index (χ1v) is 7.01. The molecule has 2 N–H and O–H groups in total. The number of rotatable bonds is 8. The molecule has 0 amide bonds. The summed E-state index contributed by atoms with van der Waals surface area (Å²) < 4.78 is 2.00. The first kappa shape index (κ1) is 15.2. The van der Waals surface area contributed by atoms with Crippen molar-refractivity contribution in [2.75, 3.05) is 6.54 Å². The summed E-state index contributed by atoms with van der Waals surface area (Å²) in [7, 11) is 0. The molecule has 4 nitrogen and oxygen atoms in total. The van der Waals surface area contributed by atoms with E-state index in [-0.39, 0.29) is 0 Å². The zero-order chi connectivity index (χ0) is 13.6. The fraction of sp³-hybridized carbons (Fsp3) is 0.786. The van der Waals surface area contributed by atoms with Crippen LogP contribution in [-0.2, 0) is 6.54 Å². The van der Waals surface area contributed by atoms with Crippen LogP contribution in [0, 0.1) is 0 Å². The number of nitrogens with one attached hydrogen (secondary N) is 1. The van der Waals surface area contributed by atoms with Crippen LogP contribution in [0.2, 0.25) is 0 Å². The van der Waals surface area contributed by atoms with Gasteiger partial charge in [-0.3, -0.25) is 4.68 Å². The van der Waals surface area contributed by atoms with Crippen molar-refractivity contribution < 1.29 is 5.11 Å². The second-order valence-electron chi connectivity index (χ2n) is 5.08. The van der Waals surface area contributed by atoms with Crippen molar-refractivity contribution in [2.45, 2.75) is 65.1 Å². The quantitative estimate of drug-likeness (QED) is 0.748. The molecule has 0 aliphatic rings. The van der Waals surface area contributed by atoms with Gasteiger partial charge in [0, 0.05) is 25.3 Å². The molecule has 0 spiro atoms. The fourth-order valence-electron chi connectivity index (χ4n) is 1.83. The van der Waals surface area contributed by atoms with Gasteiger partial charge in [-0.15, -0.1) is 0 Å². The molecule has 0 bridgehead atoms. The number of hydrogen-bond donors (Lipinski definition) is 2. The third-order valence-electron chi connectivity index (χ3n) is 3.78. The molecule has 0 saturated carbocycles. The zero-order valence-corrected chi connectivity index (χ0v) is 12.1. The van der Waals surface area contributed by atoms with Crippen molar-refractivity contribution in [1.82, 2.24) is 15.1 Å². The summed E-state index contributed by atoms with van der Waals surface area (Å²) in [5.74, 6) is 0. The normalized spacial score (nSPS) is 13.8. The lowest BCUT2D eigenvalue weighted by molar-refractivity contribution is 0.0322. The Balaban J connectivity index is 2.42. The molecule has 104 valence electrons. The summed E-state index contributed by atoms with van der Waals surface area (Å²) in [5, 5.41) is 18.0. The number of nitrogens with zero attached hydrogens (tertiary/aromatic N) is 2. The summed E-state index contributed by atoms with van der Waals surface area (Å²) in [4.78, 5) is 0. The van der Waals surface area contributed by atoms with Gasteiger partial charge in [0.2, 0.25) is 0 Å². The lowest BCUT2D eigenvalue weighted by atomic mass is 9.98. The van der Waals surface area contributed by atoms with Crippen molar-refractivity contribution in [3.05, 3.63) is 18.0 Å². The maximum Gasteiger partial charge on any atom is 0.0766 e. The van der Waals surface area contributed by atoms with E-state index in [1.165, 1.54) is 0 Å². The number of aromatic nitrogens is 2. The largest absolute Gasteiger partial charge is 0.389 e. The molecule has 1 atom stereocenters. The van der Waals surface area contributed by atoms with Crippen LogP contribution in [-0.4, -0.2) is 27.0 Å². The standard InChI is InChI=1S/C14H27N3O/c1-5-12(4)17-9-8-13(16-17)10-15-11-14(18,6-2)7-3/h8-9,12,15,18H,5-7,10-11H2,1-4H3. The zero-order valence-electron chi connectivity index (χ0n) is 12.1. The molecule has 1 heterocycles. The Kier molecular flexibility index (Phi) is 5.82. The smallest absolute Gasteiger partial charge is 0.0766 e. The molecular weight excluding hydrogens is 226 g/mol. The Labute approximate surface area is 110 Å². The van der Waals surface area contributed by atoms with Gasteiger partial charge in [-0.05, 0) is 32.3 Å². The Morgan fingerprint density at radius 3 is 2.61 bits per heavy atom. The summed E-state index contributed by atoms with van der Waals surface area (Å²) in [6, 6.07) is 2.48. The minimum absolute atomic E-state index is 0.446. The molecule has 0 aliphatic carbocycles. The maximum atomic E-state index is 10.2. The van der Waals surface area contributed by atoms with Gasteiger partial charge >= 0.3 is 0 Å². The monoisotopic (exact) mass is 253 g/mol. The Hall–Kier alpha value is -0.870. The van der Waals surface area contributed by atoms with E-state index in [4.69, 9.17) is 0 Å². The van der Waals surface area contributed by atoms with E-state index < -0.39 is 5.60 Å². The SMILES string of the molecule is CCC(C)n1ccc(CNCC(O)(CC)CC)n1. The summed E-state index contributed by atoms with van der Waals surface area (Å²) in [5.41, 5.74) is 0.448. The lowest BCUT2D eigenvalue weighted by Crippen LogP contribution is -2.39. The first-order valence-electron chi connectivity index (χ1n) is 7.01. The highest BCUT2D eigenvalue weighted by molar-refractivity contribution is 4.99. The molecule has 0 aromatic carbocycles. The minimum Gasteiger partial charge on any atom is -0.389 e. The fourth-order valence-corrected chi connectivity index (χ4v) is 1.83. The average molecular weight is 253 g/mol. The highest BCUT2D eigenvalue weighted by Crippen LogP contribution is 2.13. The molecule has 0 aliphatic heterocycles. The van der Waals surface area contributed by atoms with Gasteiger partial charge in [0.25, 0.3) is 0 Å². The number of aliphatic hydroxyl groups is 1. The minimum atomic E-state index is -0.584. The Bertz CT molecular complexity index is 345. The topological polar surface area (TPSA) is 50.1 Å². The van der Waals surface area contributed by atoms with Gasteiger partial charge in [0.1, 0.15) is 0 Å². The van der Waals surface area contributed by atoms with Gasteiger partial charge < -0.3 is 10.4 Å². The highest BCUT2D eigenvalue weighted by atomic mass is 16.3. The van der Waals surface area contributed by atoms with Crippen LogP contribution in [0.1, 0.15) is 58.7 Å². The molecule has 1 aromatic heterocycles. The molecule has 4 heteroatoms. The molecular formula is C14H27N3O. The van der Waals surface area contributed by atoms with Crippen LogP contribution in [0.4, 0.5) is 0 Å². The second-order valence-corrected chi connectivity index (χ2v) is 5.08. The lowest BCUT2D eigenvalue weighted by Gasteiger charge is -2.25. The van der Waals surface area contributed by atoms with Crippen LogP contribution in [0.3, 0.4) is 0 Å². The van der Waals surface area contributed by atoms with Crippen molar-refractivity contribution >= 4 is 0 Å². The van der Waals surface area contributed by atoms with Gasteiger partial charge in [0.15, 0.2) is 0 Å². The second kappa shape index (κ2) is 6.90. The first-order chi connectivity index (χ1) is 8.54. The predicted molar refractivity (Wildman–Crippen MR) is 74.5 cm³/mol. The van der Waals surface area contributed by atoms with E-state index in [0.717, 1.165) is 25.0 Å². The predicted octanol–water partition coefficient (Wildman–Crippen LogP) is 2.49. The Morgan fingerprint density at radius 1 is 1.39 bits per heavy atom. The molecule has 0 radical (unpaired) electrons. The van der Waals surface area contributed by atoms with E-state index >= 15 is 0 Å². The van der Waals surface area contributed by atoms with Crippen LogP contribution in [0.15, 0.2) is 12.3 Å². The van der Waals surface area contributed by atoms with Crippen molar-refractivity contribution in [1.29, 1.82) is 0 Å². The number of hydrogen-bond acceptors (Lipinski definition) is 3. The molecule has 1 unspecified atom stereocenters. The van der Waals surface area contributed by atoms with Gasteiger partial charge in [-0.25, -0.2) is 0 Å². The van der Waals surface area contributed by atoms with E-state index in [0.29, 0.717) is 19.1 Å². The summed E-state index contributed by atoms with van der Waals surface area (Å²) in [6.07, 6.45) is 4.66. The van der Waals surface area contributed by atoms with Crippen LogP contribution in [0.25, 0.3) is 0 Å². The Morgan fingerprint density at radius 2 is 2.06 bits per heavy atom. The third kappa shape index (κ3) is 4.10. The van der Waals surface area contributed by atoms with Crippen LogP contribution in [0.5, 0.6) is 0 Å². The molecule has 18 heavy (non-hydrogen) atoms. The van der Waals surface area contributed by atoms with Crippen LogP contribution < -0.4 is 5.32 Å². The molecule has 0 fully saturated rings. The molecule has 1 rings (SSSR count). The molecule has 1 aromatic rings. The van der Waals surface area contributed by atoms with E-state index in [9.17, 15) is 5.11 Å². The van der Waals surface area contributed by atoms with Gasteiger partial charge in [-0.1, -0.05) is 20.8 Å². The maximum absolute atomic E-state index is 10.2. The van der Waals surface area contributed by atoms with E-state index in [1.54, 1.807) is 0 Å². The molecule has 0 saturated heterocycles. The highest BCUT2D eigenvalue weighted by Gasteiger charge is 2.21. The van der Waals surface area contributed by atoms with Crippen molar-refractivity contribution in [2.24, 2.45) is 0 Å². The van der Waals surface area contributed by atoms with E-state index in [2.05, 4.69) is 24.3 Å². The average Bonchev–Trinajstić information content (AvgIpc) is 2.86. The van der Waals surface area contributed by atoms with Crippen molar-refractivity contribution in [3.8, 4) is 0 Å². The van der Waals surface area contributed by atoms with Crippen molar-refractivity contribution in [3.63, 3.8) is 0 Å². The van der Waals surface area contributed by atoms with E-state index in [1.807, 2.05) is 30.8 Å². The van der Waals surface area contributed by atoms with Gasteiger partial charge in [0.05, 0.1) is 11.3 Å².